The van der Waals surface area contributed by atoms with Crippen LogP contribution in [0.4, 0.5) is 13.2 Å². The average Bonchev–Trinajstić information content (AvgIpc) is 2.66. The second-order valence-corrected chi connectivity index (χ2v) is 4.25. The first-order valence-corrected chi connectivity index (χ1v) is 6.16. The van der Waals surface area contributed by atoms with Crippen LogP contribution >= 0.6 is 0 Å². The molecule has 0 saturated heterocycles. The van der Waals surface area contributed by atoms with Gasteiger partial charge in [-0.1, -0.05) is 26.7 Å². The summed E-state index contributed by atoms with van der Waals surface area (Å²) in [7, 11) is 0. The van der Waals surface area contributed by atoms with Crippen LogP contribution in [0.25, 0.3) is 0 Å². The minimum Gasteiger partial charge on any atom is -0.273 e. The predicted molar refractivity (Wildman–Crippen MR) is 61.3 cm³/mol. The second kappa shape index (κ2) is 6.12. The van der Waals surface area contributed by atoms with E-state index in [1.54, 1.807) is 5.01 Å². The van der Waals surface area contributed by atoms with Crippen molar-refractivity contribution in [3.8, 4) is 0 Å². The Hall–Kier alpha value is -0.940. The Morgan fingerprint density at radius 2 is 1.82 bits per heavy atom. The number of rotatable bonds is 6. The van der Waals surface area contributed by atoms with Crippen LogP contribution in [-0.2, 0) is 0 Å². The summed E-state index contributed by atoms with van der Waals surface area (Å²) in [6, 6.07) is 0. The molecule has 1 aliphatic heterocycles. The highest BCUT2D eigenvalue weighted by atomic mass is 19.4. The lowest BCUT2D eigenvalue weighted by molar-refractivity contribution is -0.235. The van der Waals surface area contributed by atoms with Gasteiger partial charge in [-0.15, -0.1) is 13.2 Å². The molecule has 0 aromatic rings. The van der Waals surface area contributed by atoms with Gasteiger partial charge in [0.25, 0.3) is 0 Å². The number of nitrogens with zero attached hydrogens (tertiary/aromatic N) is 3. The van der Waals surface area contributed by atoms with Gasteiger partial charge in [0.05, 0.1) is 0 Å². The van der Waals surface area contributed by atoms with Crippen LogP contribution in [-0.4, -0.2) is 35.3 Å². The predicted octanol–water partition coefficient (Wildman–Crippen LogP) is 3.38. The zero-order valence-electron chi connectivity index (χ0n) is 10.4. The number of hydrogen-bond acceptors (Lipinski definition) is 3. The van der Waals surface area contributed by atoms with Crippen LogP contribution in [0.15, 0.2) is 5.10 Å². The summed E-state index contributed by atoms with van der Waals surface area (Å²) in [5.74, 6) is 0. The fraction of sp³-hybridized carbons (Fsp3) is 0.909. The van der Waals surface area contributed by atoms with Crippen LogP contribution < -0.4 is 0 Å². The molecule has 0 fully saturated rings. The van der Waals surface area contributed by atoms with Crippen LogP contribution in [0.2, 0.25) is 0 Å². The smallest absolute Gasteiger partial charge is 0.273 e. The largest absolute Gasteiger partial charge is 0.487 e. The molecule has 1 aliphatic rings. The van der Waals surface area contributed by atoms with Crippen LogP contribution in [0, 0.1) is 0 Å². The maximum absolute atomic E-state index is 12.7. The molecule has 0 aliphatic carbocycles. The topological polar surface area (TPSA) is 18.8 Å². The molecule has 1 rings (SSSR count). The number of halogens is 3. The molecule has 0 N–H and O–H groups in total. The van der Waals surface area contributed by atoms with Crippen molar-refractivity contribution in [2.45, 2.75) is 58.4 Å². The first-order chi connectivity index (χ1) is 8.00. The second-order valence-electron chi connectivity index (χ2n) is 4.25. The first kappa shape index (κ1) is 14.1. The average molecular weight is 251 g/mol. The monoisotopic (exact) mass is 251 g/mol. The highest BCUT2D eigenvalue weighted by molar-refractivity contribution is 5.57. The Labute approximate surface area is 100 Å². The van der Waals surface area contributed by atoms with Crippen molar-refractivity contribution in [2.24, 2.45) is 5.10 Å². The fourth-order valence-electron chi connectivity index (χ4n) is 1.86. The number of hydrazone groups is 1. The highest BCUT2D eigenvalue weighted by Gasteiger charge is 2.44. The molecule has 0 amide bonds. The summed E-state index contributed by atoms with van der Waals surface area (Å²) in [6.07, 6.45) is -0.0722. The van der Waals surface area contributed by atoms with E-state index in [0.717, 1.165) is 32.0 Å². The normalized spacial score (nSPS) is 20.4. The Kier molecular flexibility index (Phi) is 5.08. The van der Waals surface area contributed by atoms with Crippen molar-refractivity contribution < 1.29 is 13.2 Å². The molecule has 0 aromatic heterocycles. The van der Waals surface area contributed by atoms with Gasteiger partial charge in [-0.05, 0) is 19.3 Å². The van der Waals surface area contributed by atoms with Crippen LogP contribution in [0.1, 0.15) is 46.0 Å². The lowest BCUT2D eigenvalue weighted by atomic mass is 10.2. The molecule has 0 aromatic carbocycles. The highest BCUT2D eigenvalue weighted by Crippen LogP contribution is 2.29. The third-order valence-corrected chi connectivity index (χ3v) is 2.84. The molecular weight excluding hydrogens is 231 g/mol. The molecule has 6 heteroatoms. The summed E-state index contributed by atoms with van der Waals surface area (Å²) < 4.78 is 38.2. The van der Waals surface area contributed by atoms with Crippen molar-refractivity contribution >= 4 is 6.34 Å². The lowest BCUT2D eigenvalue weighted by Gasteiger charge is -2.31. The molecule has 1 heterocycles. The van der Waals surface area contributed by atoms with Crippen molar-refractivity contribution in [1.29, 1.82) is 0 Å². The Balaban J connectivity index is 2.64. The van der Waals surface area contributed by atoms with Crippen molar-refractivity contribution in [2.75, 3.05) is 6.54 Å². The molecule has 0 radical (unpaired) electrons. The van der Waals surface area contributed by atoms with E-state index in [9.17, 15) is 13.2 Å². The third-order valence-electron chi connectivity index (χ3n) is 2.84. The quantitative estimate of drug-likeness (QED) is 0.674. The summed E-state index contributed by atoms with van der Waals surface area (Å²) in [5.41, 5.74) is 0. The van der Waals surface area contributed by atoms with Gasteiger partial charge < -0.3 is 0 Å². The van der Waals surface area contributed by atoms with Crippen molar-refractivity contribution in [3.63, 3.8) is 0 Å². The summed E-state index contributed by atoms with van der Waals surface area (Å²) >= 11 is 0. The number of hydrogen-bond donors (Lipinski definition) is 0. The zero-order chi connectivity index (χ0) is 12.9. The van der Waals surface area contributed by atoms with Gasteiger partial charge >= 0.3 is 6.30 Å². The van der Waals surface area contributed by atoms with Crippen molar-refractivity contribution in [3.05, 3.63) is 0 Å². The number of alkyl halides is 3. The Morgan fingerprint density at radius 3 is 2.35 bits per heavy atom. The summed E-state index contributed by atoms with van der Waals surface area (Å²) in [4.78, 5) is 0.415. The molecule has 17 heavy (non-hydrogen) atoms. The van der Waals surface area contributed by atoms with E-state index in [0.29, 0.717) is 17.9 Å². The molecule has 0 spiro atoms. The van der Waals surface area contributed by atoms with Gasteiger partial charge in [-0.2, -0.15) is 5.10 Å². The van der Waals surface area contributed by atoms with E-state index < -0.39 is 12.5 Å². The Bertz CT molecular complexity index is 253. The molecule has 1 unspecified atom stereocenters. The Morgan fingerprint density at radius 1 is 1.18 bits per heavy atom. The van der Waals surface area contributed by atoms with E-state index in [1.165, 1.54) is 0 Å². The first-order valence-electron chi connectivity index (χ1n) is 6.16. The van der Waals surface area contributed by atoms with Gasteiger partial charge in [0.1, 0.15) is 12.5 Å². The minimum absolute atomic E-state index is 0.415. The maximum Gasteiger partial charge on any atom is 0.487 e. The van der Waals surface area contributed by atoms with Crippen molar-refractivity contribution in [1.82, 2.24) is 9.91 Å². The zero-order valence-corrected chi connectivity index (χ0v) is 10.4. The van der Waals surface area contributed by atoms with E-state index >= 15 is 0 Å². The molecule has 3 nitrogen and oxygen atoms in total. The maximum atomic E-state index is 12.7. The van der Waals surface area contributed by atoms with Gasteiger partial charge in [0, 0.05) is 6.54 Å². The third kappa shape index (κ3) is 3.78. The SMILES string of the molecule is CCCCC1N(CCCC)N=CN1C(F)(F)F. The van der Waals surface area contributed by atoms with Gasteiger partial charge in [-0.3, -0.25) is 9.91 Å². The van der Waals surface area contributed by atoms with E-state index in [4.69, 9.17) is 0 Å². The number of unbranched alkanes of at least 4 members (excludes halogenated alkanes) is 2. The standard InChI is InChI=1S/C11H20F3N3/c1-3-5-7-10-16(11(12,13)14)9-15-17(10)8-6-4-2/h9-10H,3-8H2,1-2H3. The lowest BCUT2D eigenvalue weighted by Crippen LogP contribution is -2.47. The van der Waals surface area contributed by atoms with Crippen LogP contribution in [0.5, 0.6) is 0 Å². The van der Waals surface area contributed by atoms with Gasteiger partial charge in [-0.25, -0.2) is 0 Å². The fourth-order valence-corrected chi connectivity index (χ4v) is 1.86. The molecule has 1 atom stereocenters. The molecule has 0 saturated carbocycles. The van der Waals surface area contributed by atoms with Gasteiger partial charge in [0.2, 0.25) is 0 Å². The molecule has 100 valence electrons. The van der Waals surface area contributed by atoms with E-state index in [-0.39, 0.29) is 0 Å². The van der Waals surface area contributed by atoms with Gasteiger partial charge in [0.15, 0.2) is 0 Å². The minimum atomic E-state index is -4.33. The molecular formula is C11H20F3N3. The van der Waals surface area contributed by atoms with E-state index in [1.807, 2.05) is 13.8 Å². The summed E-state index contributed by atoms with van der Waals surface area (Å²) in [6.45, 7) is 4.58. The summed E-state index contributed by atoms with van der Waals surface area (Å²) in [5, 5.41) is 5.43. The molecule has 0 bridgehead atoms. The van der Waals surface area contributed by atoms with Crippen LogP contribution in [0.3, 0.4) is 0 Å². The van der Waals surface area contributed by atoms with E-state index in [2.05, 4.69) is 5.10 Å².